The van der Waals surface area contributed by atoms with Crippen molar-refractivity contribution in [3.8, 4) is 0 Å². The third-order valence-electron chi connectivity index (χ3n) is 3.67. The molecule has 0 aromatic carbocycles. The van der Waals surface area contributed by atoms with Crippen LogP contribution in [0.3, 0.4) is 0 Å². The molecule has 0 aliphatic carbocycles. The van der Waals surface area contributed by atoms with E-state index in [9.17, 15) is 9.59 Å². The molecule has 2 aliphatic rings. The van der Waals surface area contributed by atoms with Gasteiger partial charge >= 0.3 is 6.03 Å². The van der Waals surface area contributed by atoms with Gasteiger partial charge in [-0.15, -0.1) is 11.3 Å². The Hall–Kier alpha value is -1.38. The highest BCUT2D eigenvalue weighted by atomic mass is 79.9. The molecule has 0 bridgehead atoms. The van der Waals surface area contributed by atoms with E-state index in [1.807, 2.05) is 11.4 Å². The lowest BCUT2D eigenvalue weighted by Crippen LogP contribution is -2.49. The maximum Gasteiger partial charge on any atom is 0.319 e. The molecule has 6 nitrogen and oxygen atoms in total. The van der Waals surface area contributed by atoms with Gasteiger partial charge in [0.25, 0.3) is 5.91 Å². The van der Waals surface area contributed by atoms with Crippen LogP contribution in [0.1, 0.15) is 17.8 Å². The highest BCUT2D eigenvalue weighted by Crippen LogP contribution is 2.33. The fourth-order valence-electron chi connectivity index (χ4n) is 2.61. The molecule has 1 unspecified atom stereocenters. The second-order valence-corrected chi connectivity index (χ2v) is 7.00. The van der Waals surface area contributed by atoms with Crippen LogP contribution in [0.15, 0.2) is 27.2 Å². The van der Waals surface area contributed by atoms with Gasteiger partial charge in [-0.05, 0) is 28.9 Å². The summed E-state index contributed by atoms with van der Waals surface area (Å²) in [6.07, 6.45) is 0. The van der Waals surface area contributed by atoms with Gasteiger partial charge in [0.2, 0.25) is 0 Å². The first-order valence-corrected chi connectivity index (χ1v) is 8.63. The minimum Gasteiger partial charge on any atom is -0.378 e. The van der Waals surface area contributed by atoms with Crippen LogP contribution in [-0.4, -0.2) is 43.1 Å². The minimum absolute atomic E-state index is 0.0529. The first-order chi connectivity index (χ1) is 10.6. The number of carbonyl (C=O) groups is 2. The van der Waals surface area contributed by atoms with Crippen molar-refractivity contribution in [2.75, 3.05) is 26.3 Å². The smallest absolute Gasteiger partial charge is 0.319 e. The summed E-state index contributed by atoms with van der Waals surface area (Å²) in [7, 11) is 0. The molecule has 3 rings (SSSR count). The van der Waals surface area contributed by atoms with E-state index in [0.29, 0.717) is 37.6 Å². The Bertz CT molecular complexity index is 637. The Morgan fingerprint density at radius 2 is 2.18 bits per heavy atom. The number of rotatable bonds is 2. The van der Waals surface area contributed by atoms with Gasteiger partial charge < -0.3 is 20.3 Å². The van der Waals surface area contributed by atoms with Crippen LogP contribution in [0.5, 0.6) is 0 Å². The Kier molecular flexibility index (Phi) is 4.51. The van der Waals surface area contributed by atoms with Crippen LogP contribution in [0.4, 0.5) is 4.79 Å². The highest BCUT2D eigenvalue weighted by Gasteiger charge is 2.34. The quantitative estimate of drug-likeness (QED) is 0.817. The zero-order valence-electron chi connectivity index (χ0n) is 12.0. The highest BCUT2D eigenvalue weighted by molar-refractivity contribution is 9.10. The number of carbonyl (C=O) groups excluding carboxylic acids is 2. The summed E-state index contributed by atoms with van der Waals surface area (Å²) < 4.78 is 6.24. The lowest BCUT2D eigenvalue weighted by molar-refractivity contribution is -0.131. The molecule has 22 heavy (non-hydrogen) atoms. The molecule has 1 atom stereocenters. The van der Waals surface area contributed by atoms with Crippen LogP contribution in [0.25, 0.3) is 0 Å². The maximum absolute atomic E-state index is 12.9. The molecule has 118 valence electrons. The maximum atomic E-state index is 12.9. The van der Waals surface area contributed by atoms with Crippen molar-refractivity contribution >= 4 is 39.2 Å². The predicted octanol–water partition coefficient (Wildman–Crippen LogP) is 2.00. The number of morpholine rings is 1. The third-order valence-corrected chi connectivity index (χ3v) is 5.43. The normalized spacial score (nSPS) is 22.4. The largest absolute Gasteiger partial charge is 0.378 e. The zero-order valence-corrected chi connectivity index (χ0v) is 14.4. The lowest BCUT2D eigenvalue weighted by Gasteiger charge is -2.33. The number of nitrogens with zero attached hydrogens (tertiary/aromatic N) is 1. The second-order valence-electron chi connectivity index (χ2n) is 5.14. The van der Waals surface area contributed by atoms with Gasteiger partial charge in [0, 0.05) is 33.5 Å². The summed E-state index contributed by atoms with van der Waals surface area (Å²) in [4.78, 5) is 27.4. The summed E-state index contributed by atoms with van der Waals surface area (Å²) in [5, 5.41) is 7.49. The molecule has 0 saturated carbocycles. The minimum atomic E-state index is -0.416. The molecule has 3 amide bonds. The van der Waals surface area contributed by atoms with E-state index in [2.05, 4.69) is 26.6 Å². The Balaban J connectivity index is 1.94. The van der Waals surface area contributed by atoms with Gasteiger partial charge in [-0.3, -0.25) is 4.79 Å². The van der Waals surface area contributed by atoms with E-state index in [-0.39, 0.29) is 11.9 Å². The molecular weight excluding hydrogens is 370 g/mol. The molecule has 1 saturated heterocycles. The average molecular weight is 386 g/mol. The van der Waals surface area contributed by atoms with Gasteiger partial charge in [0.15, 0.2) is 0 Å². The average Bonchev–Trinajstić information content (AvgIpc) is 2.93. The van der Waals surface area contributed by atoms with Crippen LogP contribution in [0.2, 0.25) is 0 Å². The fourth-order valence-corrected chi connectivity index (χ4v) is 4.11. The molecular formula is C14H16BrN3O3S. The number of halogens is 1. The Morgan fingerprint density at radius 3 is 2.82 bits per heavy atom. The molecule has 2 aliphatic heterocycles. The van der Waals surface area contributed by atoms with Crippen LogP contribution >= 0.6 is 27.3 Å². The number of hydrogen-bond acceptors (Lipinski definition) is 4. The van der Waals surface area contributed by atoms with Crippen LogP contribution in [0, 0.1) is 0 Å². The molecule has 2 N–H and O–H groups in total. The number of urea groups is 1. The van der Waals surface area contributed by atoms with Gasteiger partial charge in [-0.25, -0.2) is 4.79 Å². The Labute approximate surface area is 140 Å². The van der Waals surface area contributed by atoms with E-state index in [4.69, 9.17) is 4.74 Å². The van der Waals surface area contributed by atoms with E-state index in [1.54, 1.807) is 11.8 Å². The second kappa shape index (κ2) is 6.39. The van der Waals surface area contributed by atoms with E-state index >= 15 is 0 Å². The summed E-state index contributed by atoms with van der Waals surface area (Å²) in [5.41, 5.74) is 1.20. The van der Waals surface area contributed by atoms with E-state index in [1.165, 1.54) is 11.3 Å². The molecule has 1 fully saturated rings. The van der Waals surface area contributed by atoms with E-state index < -0.39 is 6.04 Å². The van der Waals surface area contributed by atoms with Crippen molar-refractivity contribution < 1.29 is 14.3 Å². The first kappa shape index (κ1) is 15.5. The summed E-state index contributed by atoms with van der Waals surface area (Å²) in [6, 6.07) is 1.23. The van der Waals surface area contributed by atoms with Crippen molar-refractivity contribution in [1.29, 1.82) is 0 Å². The summed E-state index contributed by atoms with van der Waals surface area (Å²) in [6.45, 7) is 4.01. The van der Waals surface area contributed by atoms with Crippen molar-refractivity contribution in [3.63, 3.8) is 0 Å². The molecule has 3 heterocycles. The predicted molar refractivity (Wildman–Crippen MR) is 86.5 cm³/mol. The van der Waals surface area contributed by atoms with Gasteiger partial charge in [-0.1, -0.05) is 0 Å². The lowest BCUT2D eigenvalue weighted by atomic mass is 10.00. The summed E-state index contributed by atoms with van der Waals surface area (Å²) >= 11 is 4.93. The van der Waals surface area contributed by atoms with Crippen molar-refractivity contribution in [2.45, 2.75) is 13.0 Å². The number of amides is 3. The number of ether oxygens (including phenoxy) is 1. The Morgan fingerprint density at radius 1 is 1.45 bits per heavy atom. The van der Waals surface area contributed by atoms with Gasteiger partial charge in [-0.2, -0.15) is 0 Å². The number of hydrogen-bond donors (Lipinski definition) is 2. The molecule has 8 heteroatoms. The number of thiophene rings is 1. The molecule has 1 aromatic rings. The molecule has 0 spiro atoms. The van der Waals surface area contributed by atoms with Crippen LogP contribution < -0.4 is 10.6 Å². The molecule has 0 radical (unpaired) electrons. The third kappa shape index (κ3) is 3.04. The monoisotopic (exact) mass is 385 g/mol. The van der Waals surface area contributed by atoms with E-state index in [0.717, 1.165) is 9.35 Å². The van der Waals surface area contributed by atoms with Gasteiger partial charge in [0.1, 0.15) is 0 Å². The molecule has 1 aromatic heterocycles. The number of allylic oxidation sites excluding steroid dienone is 1. The number of nitrogens with one attached hydrogen (secondary N) is 2. The van der Waals surface area contributed by atoms with Crippen molar-refractivity contribution in [3.05, 3.63) is 32.1 Å². The fraction of sp³-hybridized carbons (Fsp3) is 0.429. The summed E-state index contributed by atoms with van der Waals surface area (Å²) in [5.74, 6) is -0.0529. The topological polar surface area (TPSA) is 70.7 Å². The first-order valence-electron chi connectivity index (χ1n) is 6.95. The zero-order chi connectivity index (χ0) is 15.7. The van der Waals surface area contributed by atoms with Crippen molar-refractivity contribution in [2.24, 2.45) is 0 Å². The SMILES string of the molecule is CC1=C(C(=O)N2CCOCC2)C(c2cc(Br)cs2)NC(=O)N1. The standard InChI is InChI=1S/C14H16BrN3O3S/c1-8-11(13(19)18-2-4-21-5-3-18)12(17-14(20)16-8)10-6-9(15)7-22-10/h6-7,12H,2-5H2,1H3,(H2,16,17,20). The van der Waals surface area contributed by atoms with Gasteiger partial charge in [0.05, 0.1) is 24.8 Å². The van der Waals surface area contributed by atoms with Crippen molar-refractivity contribution in [1.82, 2.24) is 15.5 Å². The van der Waals surface area contributed by atoms with Crippen LogP contribution in [-0.2, 0) is 9.53 Å².